The highest BCUT2D eigenvalue weighted by molar-refractivity contribution is 5.91. The van der Waals surface area contributed by atoms with E-state index in [-0.39, 0.29) is 5.91 Å². The molecule has 3 heterocycles. The quantitative estimate of drug-likeness (QED) is 0.769. The number of aromatic nitrogens is 3. The fraction of sp³-hybridized carbons (Fsp3) is 0.316. The largest absolute Gasteiger partial charge is 0.326 e. The molecule has 128 valence electrons. The van der Waals surface area contributed by atoms with Crippen LogP contribution in [0, 0.1) is 5.92 Å². The summed E-state index contributed by atoms with van der Waals surface area (Å²) in [4.78, 5) is 21.1. The first kappa shape index (κ1) is 15.8. The molecule has 2 aromatic heterocycles. The summed E-state index contributed by atoms with van der Waals surface area (Å²) in [6, 6.07) is 9.67. The van der Waals surface area contributed by atoms with Crippen molar-refractivity contribution in [3.63, 3.8) is 0 Å². The van der Waals surface area contributed by atoms with Gasteiger partial charge in [0.25, 0.3) is 0 Å². The molecule has 1 aliphatic rings. The smallest absolute Gasteiger partial charge is 0.234 e. The predicted octanol–water partition coefficient (Wildman–Crippen LogP) is 2.72. The summed E-state index contributed by atoms with van der Waals surface area (Å²) in [6.07, 6.45) is 8.32. The fourth-order valence-corrected chi connectivity index (χ4v) is 3.29. The zero-order valence-corrected chi connectivity index (χ0v) is 14.0. The maximum Gasteiger partial charge on any atom is 0.234 e. The van der Waals surface area contributed by atoms with Crippen molar-refractivity contribution >= 4 is 17.4 Å². The first-order valence-electron chi connectivity index (χ1n) is 8.69. The van der Waals surface area contributed by atoms with Crippen molar-refractivity contribution in [1.82, 2.24) is 19.7 Å². The van der Waals surface area contributed by atoms with E-state index in [4.69, 9.17) is 0 Å². The van der Waals surface area contributed by atoms with Gasteiger partial charge in [0.1, 0.15) is 0 Å². The zero-order chi connectivity index (χ0) is 17.1. The molecule has 0 spiro atoms. The number of amides is 1. The van der Waals surface area contributed by atoms with Gasteiger partial charge in [0.2, 0.25) is 11.7 Å². The summed E-state index contributed by atoms with van der Waals surface area (Å²) in [5, 5.41) is 6.35. The fourth-order valence-electron chi connectivity index (χ4n) is 3.29. The van der Waals surface area contributed by atoms with Gasteiger partial charge in [-0.15, -0.1) is 0 Å². The van der Waals surface area contributed by atoms with Crippen LogP contribution in [0.3, 0.4) is 0 Å². The maximum atomic E-state index is 12.3. The Hall–Kier alpha value is -2.73. The number of nitrogens with zero attached hydrogens (tertiary/aromatic N) is 3. The topological polar surface area (TPSA) is 71.3 Å². The number of benzene rings is 1. The highest BCUT2D eigenvalue weighted by atomic mass is 16.1. The van der Waals surface area contributed by atoms with Crippen LogP contribution in [0.25, 0.3) is 17.0 Å². The van der Waals surface area contributed by atoms with E-state index < -0.39 is 0 Å². The number of rotatable bonds is 4. The van der Waals surface area contributed by atoms with E-state index in [0.717, 1.165) is 42.9 Å². The number of fused-ring (bicyclic) bond motifs is 1. The third kappa shape index (κ3) is 3.69. The molecular weight excluding hydrogens is 314 g/mol. The van der Waals surface area contributed by atoms with Gasteiger partial charge >= 0.3 is 0 Å². The summed E-state index contributed by atoms with van der Waals surface area (Å²) in [5.74, 6) is 1.23. The van der Waals surface area contributed by atoms with Gasteiger partial charge < -0.3 is 10.6 Å². The summed E-state index contributed by atoms with van der Waals surface area (Å²) in [6.45, 7) is 2.02. The first-order valence-corrected chi connectivity index (χ1v) is 8.69. The Morgan fingerprint density at radius 2 is 2.16 bits per heavy atom. The molecule has 1 aromatic carbocycles. The molecule has 0 aliphatic carbocycles. The Morgan fingerprint density at radius 1 is 1.28 bits per heavy atom. The molecule has 0 atom stereocenters. The molecule has 1 fully saturated rings. The predicted molar refractivity (Wildman–Crippen MR) is 97.3 cm³/mol. The molecule has 1 amide bonds. The van der Waals surface area contributed by atoms with Crippen LogP contribution < -0.4 is 10.6 Å². The molecule has 1 saturated heterocycles. The van der Waals surface area contributed by atoms with Crippen LogP contribution in [-0.2, 0) is 4.79 Å². The lowest BCUT2D eigenvalue weighted by molar-refractivity contribution is -0.117. The Balaban J connectivity index is 1.48. The van der Waals surface area contributed by atoms with Crippen molar-refractivity contribution in [3.8, 4) is 11.3 Å². The lowest BCUT2D eigenvalue weighted by Crippen LogP contribution is -2.30. The average Bonchev–Trinajstić information content (AvgIpc) is 3.07. The van der Waals surface area contributed by atoms with Gasteiger partial charge in [-0.05, 0) is 50.0 Å². The van der Waals surface area contributed by atoms with E-state index in [2.05, 4.69) is 20.6 Å². The van der Waals surface area contributed by atoms with E-state index in [9.17, 15) is 4.79 Å². The van der Waals surface area contributed by atoms with Crippen LogP contribution in [0.4, 0.5) is 5.69 Å². The molecule has 2 N–H and O–H groups in total. The van der Waals surface area contributed by atoms with Crippen LogP contribution >= 0.6 is 0 Å². The van der Waals surface area contributed by atoms with Crippen LogP contribution in [0.1, 0.15) is 19.3 Å². The van der Waals surface area contributed by atoms with E-state index in [1.807, 2.05) is 47.1 Å². The molecule has 4 rings (SSSR count). The number of piperidine rings is 1. The Labute approximate surface area is 146 Å². The van der Waals surface area contributed by atoms with Gasteiger partial charge in [-0.25, -0.2) is 9.97 Å². The molecule has 3 aromatic rings. The second-order valence-electron chi connectivity index (χ2n) is 6.48. The summed E-state index contributed by atoms with van der Waals surface area (Å²) < 4.78 is 1.89. The van der Waals surface area contributed by atoms with Gasteiger partial charge in [-0.2, -0.15) is 0 Å². The minimum atomic E-state index is 0.0840. The van der Waals surface area contributed by atoms with Crippen molar-refractivity contribution in [2.45, 2.75) is 19.3 Å². The number of carbonyl (C=O) groups excluding carboxylic acids is 1. The number of nitrogens with one attached hydrogen (secondary N) is 2. The minimum absolute atomic E-state index is 0.0840. The van der Waals surface area contributed by atoms with Crippen LogP contribution in [0.15, 0.2) is 48.9 Å². The molecule has 0 radical (unpaired) electrons. The lowest BCUT2D eigenvalue weighted by Gasteiger charge is -2.21. The summed E-state index contributed by atoms with van der Waals surface area (Å²) in [7, 11) is 0. The standard InChI is InChI=1S/C19H21N5O/c25-18(11-14-5-8-20-9-6-14)22-16-4-1-3-15(12-16)17-13-24-10-2-7-21-19(24)23-17/h1-4,7,10,12-14,20H,5-6,8-9,11H2,(H,22,25). The van der Waals surface area contributed by atoms with E-state index in [1.165, 1.54) is 0 Å². The van der Waals surface area contributed by atoms with Crippen molar-refractivity contribution < 1.29 is 4.79 Å². The second-order valence-corrected chi connectivity index (χ2v) is 6.48. The number of carbonyl (C=O) groups is 1. The van der Waals surface area contributed by atoms with Crippen LogP contribution in [-0.4, -0.2) is 33.4 Å². The van der Waals surface area contributed by atoms with Crippen molar-refractivity contribution in [2.24, 2.45) is 5.92 Å². The van der Waals surface area contributed by atoms with Crippen molar-refractivity contribution in [3.05, 3.63) is 48.9 Å². The molecule has 1 aliphatic heterocycles. The first-order chi connectivity index (χ1) is 12.3. The third-order valence-corrected chi connectivity index (χ3v) is 4.61. The van der Waals surface area contributed by atoms with E-state index in [1.54, 1.807) is 6.20 Å². The lowest BCUT2D eigenvalue weighted by atomic mass is 9.94. The molecule has 0 saturated carbocycles. The average molecular weight is 335 g/mol. The number of hydrogen-bond acceptors (Lipinski definition) is 4. The van der Waals surface area contributed by atoms with Crippen molar-refractivity contribution in [1.29, 1.82) is 0 Å². The van der Waals surface area contributed by atoms with E-state index in [0.29, 0.717) is 18.1 Å². The molecule has 0 unspecified atom stereocenters. The van der Waals surface area contributed by atoms with Gasteiger partial charge in [0.05, 0.1) is 5.69 Å². The normalized spacial score (nSPS) is 15.4. The van der Waals surface area contributed by atoms with Gasteiger partial charge in [-0.1, -0.05) is 12.1 Å². The molecule has 0 bridgehead atoms. The zero-order valence-electron chi connectivity index (χ0n) is 14.0. The van der Waals surface area contributed by atoms with Gasteiger partial charge in [-0.3, -0.25) is 9.20 Å². The van der Waals surface area contributed by atoms with Gasteiger partial charge in [0, 0.05) is 36.3 Å². The maximum absolute atomic E-state index is 12.3. The third-order valence-electron chi connectivity index (χ3n) is 4.61. The van der Waals surface area contributed by atoms with Crippen LogP contribution in [0.2, 0.25) is 0 Å². The highest BCUT2D eigenvalue weighted by Gasteiger charge is 2.17. The Kier molecular flexibility index (Phi) is 4.43. The SMILES string of the molecule is O=C(CC1CCNCC1)Nc1cccc(-c2cn3cccnc3n2)c1. The van der Waals surface area contributed by atoms with Crippen LogP contribution in [0.5, 0.6) is 0 Å². The molecule has 25 heavy (non-hydrogen) atoms. The number of imidazole rings is 1. The number of hydrogen-bond donors (Lipinski definition) is 2. The summed E-state index contributed by atoms with van der Waals surface area (Å²) >= 11 is 0. The molecule has 6 heteroatoms. The molecule has 6 nitrogen and oxygen atoms in total. The minimum Gasteiger partial charge on any atom is -0.326 e. The Bertz CT molecular complexity index is 849. The van der Waals surface area contributed by atoms with Gasteiger partial charge in [0.15, 0.2) is 0 Å². The second kappa shape index (κ2) is 7.03. The number of anilines is 1. The molecular formula is C19H21N5O. The van der Waals surface area contributed by atoms with Crippen molar-refractivity contribution in [2.75, 3.05) is 18.4 Å². The monoisotopic (exact) mass is 335 g/mol. The Morgan fingerprint density at radius 3 is 3.00 bits per heavy atom. The summed E-state index contributed by atoms with van der Waals surface area (Å²) in [5.41, 5.74) is 2.61. The highest BCUT2D eigenvalue weighted by Crippen LogP contribution is 2.23. The van der Waals surface area contributed by atoms with E-state index >= 15 is 0 Å².